The molecule has 1 amide bonds. The topological polar surface area (TPSA) is 64.0 Å². The molecule has 1 fully saturated rings. The zero-order valence-corrected chi connectivity index (χ0v) is 11.6. The molecule has 1 aliphatic rings. The van der Waals surface area contributed by atoms with Crippen LogP contribution in [0.5, 0.6) is 0 Å². The number of rotatable bonds is 3. The standard InChI is InChI=1S/C14H21N3O2/c1-10(2)16-13(18)12-14(19)17(9-8-15-12)11-6-4-3-5-7-11/h8-11H,3-7H2,1-2H3,(H,16,18). The lowest BCUT2D eigenvalue weighted by Gasteiger charge is -2.24. The molecule has 0 aromatic carbocycles. The SMILES string of the molecule is CC(C)NC(=O)c1nccn(C2CCCCC2)c1=O. The predicted octanol–water partition coefficient (Wildman–Crippen LogP) is 1.89. The van der Waals surface area contributed by atoms with Gasteiger partial charge in [0.05, 0.1) is 0 Å². The van der Waals surface area contributed by atoms with Gasteiger partial charge >= 0.3 is 0 Å². The van der Waals surface area contributed by atoms with Crippen molar-refractivity contribution < 1.29 is 4.79 Å². The minimum Gasteiger partial charge on any atom is -0.348 e. The first-order valence-corrected chi connectivity index (χ1v) is 6.97. The number of carbonyl (C=O) groups is 1. The van der Waals surface area contributed by atoms with E-state index in [2.05, 4.69) is 10.3 Å². The van der Waals surface area contributed by atoms with Gasteiger partial charge in [-0.2, -0.15) is 0 Å². The summed E-state index contributed by atoms with van der Waals surface area (Å²) in [7, 11) is 0. The van der Waals surface area contributed by atoms with E-state index < -0.39 is 0 Å². The van der Waals surface area contributed by atoms with Crippen molar-refractivity contribution in [3.8, 4) is 0 Å². The van der Waals surface area contributed by atoms with Gasteiger partial charge in [0.25, 0.3) is 11.5 Å². The molecule has 1 heterocycles. The van der Waals surface area contributed by atoms with Crippen LogP contribution in [0.1, 0.15) is 62.5 Å². The van der Waals surface area contributed by atoms with Gasteiger partial charge in [-0.1, -0.05) is 19.3 Å². The lowest BCUT2D eigenvalue weighted by molar-refractivity contribution is 0.0935. The Morgan fingerprint density at radius 1 is 1.37 bits per heavy atom. The second-order valence-corrected chi connectivity index (χ2v) is 5.41. The molecule has 5 heteroatoms. The average Bonchev–Trinajstić information content (AvgIpc) is 2.39. The summed E-state index contributed by atoms with van der Waals surface area (Å²) in [5.74, 6) is -0.384. The Hall–Kier alpha value is -1.65. The molecule has 0 unspecified atom stereocenters. The molecule has 0 atom stereocenters. The quantitative estimate of drug-likeness (QED) is 0.905. The molecule has 1 aromatic heterocycles. The molecule has 2 rings (SSSR count). The van der Waals surface area contributed by atoms with E-state index in [-0.39, 0.29) is 29.2 Å². The Labute approximate surface area is 113 Å². The van der Waals surface area contributed by atoms with Gasteiger partial charge in [-0.15, -0.1) is 0 Å². The third-order valence-corrected chi connectivity index (χ3v) is 3.47. The van der Waals surface area contributed by atoms with Crippen molar-refractivity contribution >= 4 is 5.91 Å². The molecule has 0 bridgehead atoms. The Morgan fingerprint density at radius 2 is 2.05 bits per heavy atom. The summed E-state index contributed by atoms with van der Waals surface area (Å²) >= 11 is 0. The average molecular weight is 263 g/mol. The maximum absolute atomic E-state index is 12.3. The monoisotopic (exact) mass is 263 g/mol. The first-order chi connectivity index (χ1) is 9.09. The van der Waals surface area contributed by atoms with E-state index in [0.717, 1.165) is 25.7 Å². The molecule has 1 N–H and O–H groups in total. The first-order valence-electron chi connectivity index (χ1n) is 6.97. The van der Waals surface area contributed by atoms with Crippen molar-refractivity contribution in [2.45, 2.75) is 58.0 Å². The summed E-state index contributed by atoms with van der Waals surface area (Å²) < 4.78 is 1.68. The number of hydrogen-bond acceptors (Lipinski definition) is 3. The molecule has 0 aliphatic heterocycles. The third-order valence-electron chi connectivity index (χ3n) is 3.47. The van der Waals surface area contributed by atoms with Gasteiger partial charge in [-0.05, 0) is 26.7 Å². The lowest BCUT2D eigenvalue weighted by atomic mass is 9.95. The van der Waals surface area contributed by atoms with Gasteiger partial charge in [-0.25, -0.2) is 4.98 Å². The molecule has 5 nitrogen and oxygen atoms in total. The van der Waals surface area contributed by atoms with Crippen molar-refractivity contribution in [1.29, 1.82) is 0 Å². The summed E-state index contributed by atoms with van der Waals surface area (Å²) in [6.07, 6.45) is 8.79. The number of nitrogens with zero attached hydrogens (tertiary/aromatic N) is 2. The number of aromatic nitrogens is 2. The second kappa shape index (κ2) is 5.99. The van der Waals surface area contributed by atoms with Crippen LogP contribution >= 0.6 is 0 Å². The van der Waals surface area contributed by atoms with Crippen LogP contribution < -0.4 is 10.9 Å². The largest absolute Gasteiger partial charge is 0.348 e. The number of carbonyl (C=O) groups excluding carboxylic acids is 1. The van der Waals surface area contributed by atoms with E-state index in [0.29, 0.717) is 0 Å². The van der Waals surface area contributed by atoms with E-state index in [4.69, 9.17) is 0 Å². The van der Waals surface area contributed by atoms with Crippen molar-refractivity contribution in [2.75, 3.05) is 0 Å². The summed E-state index contributed by atoms with van der Waals surface area (Å²) in [6.45, 7) is 3.72. The molecule has 0 radical (unpaired) electrons. The van der Waals surface area contributed by atoms with Gasteiger partial charge in [0, 0.05) is 24.5 Å². The molecule has 19 heavy (non-hydrogen) atoms. The smallest absolute Gasteiger partial charge is 0.282 e. The molecular formula is C14H21N3O2. The van der Waals surface area contributed by atoms with Crippen LogP contribution in [-0.2, 0) is 0 Å². The van der Waals surface area contributed by atoms with Crippen molar-refractivity contribution in [1.82, 2.24) is 14.9 Å². The van der Waals surface area contributed by atoms with Crippen molar-refractivity contribution in [3.05, 3.63) is 28.4 Å². The van der Waals surface area contributed by atoms with Crippen LogP contribution in [0.15, 0.2) is 17.2 Å². The van der Waals surface area contributed by atoms with Crippen molar-refractivity contribution in [2.24, 2.45) is 0 Å². The van der Waals surface area contributed by atoms with E-state index >= 15 is 0 Å². The van der Waals surface area contributed by atoms with E-state index in [1.807, 2.05) is 13.8 Å². The molecule has 1 aromatic rings. The van der Waals surface area contributed by atoms with Gasteiger partial charge < -0.3 is 9.88 Å². The fourth-order valence-electron chi connectivity index (χ4n) is 2.56. The fraction of sp³-hybridized carbons (Fsp3) is 0.643. The molecule has 0 spiro atoms. The highest BCUT2D eigenvalue weighted by Gasteiger charge is 2.20. The van der Waals surface area contributed by atoms with Gasteiger partial charge in [0.2, 0.25) is 0 Å². The summed E-state index contributed by atoms with van der Waals surface area (Å²) in [4.78, 5) is 28.2. The summed E-state index contributed by atoms with van der Waals surface area (Å²) in [5.41, 5.74) is -0.269. The normalized spacial score (nSPS) is 16.6. The van der Waals surface area contributed by atoms with Gasteiger partial charge in [-0.3, -0.25) is 9.59 Å². The Bertz CT molecular complexity index is 502. The van der Waals surface area contributed by atoms with Crippen LogP contribution in [0, 0.1) is 0 Å². The highest BCUT2D eigenvalue weighted by atomic mass is 16.2. The maximum Gasteiger partial charge on any atom is 0.282 e. The zero-order valence-electron chi connectivity index (χ0n) is 11.6. The number of amides is 1. The molecule has 1 aliphatic carbocycles. The minimum atomic E-state index is -0.384. The van der Waals surface area contributed by atoms with Gasteiger partial charge in [0.15, 0.2) is 5.69 Å². The maximum atomic E-state index is 12.3. The van der Waals surface area contributed by atoms with Crippen molar-refractivity contribution in [3.63, 3.8) is 0 Å². The fourth-order valence-corrected chi connectivity index (χ4v) is 2.56. The van der Waals surface area contributed by atoms with Crippen LogP contribution in [0.25, 0.3) is 0 Å². The molecule has 1 saturated carbocycles. The summed E-state index contributed by atoms with van der Waals surface area (Å²) in [5, 5.41) is 2.72. The van der Waals surface area contributed by atoms with Gasteiger partial charge in [0.1, 0.15) is 0 Å². The molecular weight excluding hydrogens is 242 g/mol. The van der Waals surface area contributed by atoms with Crippen LogP contribution in [-0.4, -0.2) is 21.5 Å². The van der Waals surface area contributed by atoms with E-state index in [9.17, 15) is 9.59 Å². The minimum absolute atomic E-state index is 0.00164. The Kier molecular flexibility index (Phi) is 4.35. The summed E-state index contributed by atoms with van der Waals surface area (Å²) in [6, 6.07) is 0.215. The first kappa shape index (κ1) is 13.8. The molecule has 104 valence electrons. The predicted molar refractivity (Wildman–Crippen MR) is 73.2 cm³/mol. The van der Waals surface area contributed by atoms with E-state index in [1.165, 1.54) is 6.42 Å². The Morgan fingerprint density at radius 3 is 2.68 bits per heavy atom. The van der Waals surface area contributed by atoms with Crippen LogP contribution in [0.2, 0.25) is 0 Å². The number of nitrogens with one attached hydrogen (secondary N) is 1. The number of hydrogen-bond donors (Lipinski definition) is 1. The lowest BCUT2D eigenvalue weighted by Crippen LogP contribution is -2.38. The van der Waals surface area contributed by atoms with E-state index in [1.54, 1.807) is 17.0 Å². The zero-order chi connectivity index (χ0) is 13.8. The Balaban J connectivity index is 2.27. The van der Waals surface area contributed by atoms with Crippen LogP contribution in [0.4, 0.5) is 0 Å². The van der Waals surface area contributed by atoms with Crippen LogP contribution in [0.3, 0.4) is 0 Å². The second-order valence-electron chi connectivity index (χ2n) is 5.41. The highest BCUT2D eigenvalue weighted by Crippen LogP contribution is 2.26. The molecule has 0 saturated heterocycles. The third kappa shape index (κ3) is 3.22. The highest BCUT2D eigenvalue weighted by molar-refractivity contribution is 5.91.